The SMILES string of the molecule is O=S([O-])C(F)=C(F)F. The lowest BCUT2D eigenvalue weighted by molar-refractivity contribution is 0.388. The Labute approximate surface area is 45.3 Å². The summed E-state index contributed by atoms with van der Waals surface area (Å²) in [5.41, 5.74) is 0. The van der Waals surface area contributed by atoms with Gasteiger partial charge in [-0.25, -0.2) is 0 Å². The van der Waals surface area contributed by atoms with Gasteiger partial charge in [0.2, 0.25) is 5.16 Å². The van der Waals surface area contributed by atoms with E-state index in [1.165, 1.54) is 0 Å². The number of hydrogen-bond donors (Lipinski definition) is 0. The van der Waals surface area contributed by atoms with Crippen LogP contribution in [0.25, 0.3) is 0 Å². The quantitative estimate of drug-likeness (QED) is 0.514. The van der Waals surface area contributed by atoms with Crippen LogP contribution < -0.4 is 0 Å². The van der Waals surface area contributed by atoms with Gasteiger partial charge in [0, 0.05) is 11.1 Å². The molecule has 0 bridgehead atoms. The van der Waals surface area contributed by atoms with Gasteiger partial charge in [-0.15, -0.1) is 0 Å². The van der Waals surface area contributed by atoms with Crippen molar-refractivity contribution in [3.05, 3.63) is 11.2 Å². The molecular formula is C2F3O2S-. The van der Waals surface area contributed by atoms with Crippen LogP contribution in [-0.2, 0) is 11.1 Å². The Balaban J connectivity index is 4.23. The second-order valence-electron chi connectivity index (χ2n) is 0.769. The van der Waals surface area contributed by atoms with Gasteiger partial charge in [0.05, 0.1) is 0 Å². The Morgan fingerprint density at radius 2 is 1.75 bits per heavy atom. The Kier molecular flexibility index (Phi) is 2.70. The zero-order chi connectivity index (χ0) is 6.73. The summed E-state index contributed by atoms with van der Waals surface area (Å²) in [5, 5.41) is -2.40. The van der Waals surface area contributed by atoms with Gasteiger partial charge in [-0.2, -0.15) is 13.2 Å². The van der Waals surface area contributed by atoms with Gasteiger partial charge in [-0.3, -0.25) is 4.21 Å². The molecule has 0 aliphatic heterocycles. The molecule has 0 aromatic rings. The van der Waals surface area contributed by atoms with E-state index in [0.29, 0.717) is 0 Å². The van der Waals surface area contributed by atoms with Crippen molar-refractivity contribution in [3.8, 4) is 0 Å². The van der Waals surface area contributed by atoms with Crippen LogP contribution in [-0.4, -0.2) is 8.76 Å². The first kappa shape index (κ1) is 7.64. The maximum absolute atomic E-state index is 11.2. The van der Waals surface area contributed by atoms with Crippen LogP contribution in [0, 0.1) is 0 Å². The summed E-state index contributed by atoms with van der Waals surface area (Å²) in [4.78, 5) is 0. The van der Waals surface area contributed by atoms with Gasteiger partial charge in [-0.1, -0.05) is 0 Å². The molecule has 0 N–H and O–H groups in total. The first-order valence-electron chi connectivity index (χ1n) is 1.35. The fourth-order valence-corrected chi connectivity index (χ4v) is 0.189. The topological polar surface area (TPSA) is 40.1 Å². The van der Waals surface area contributed by atoms with E-state index in [1.807, 2.05) is 0 Å². The van der Waals surface area contributed by atoms with Crippen LogP contribution in [0.3, 0.4) is 0 Å². The summed E-state index contributed by atoms with van der Waals surface area (Å²) >= 11 is -3.43. The van der Waals surface area contributed by atoms with Crippen molar-refractivity contribution in [2.45, 2.75) is 0 Å². The summed E-state index contributed by atoms with van der Waals surface area (Å²) in [6.07, 6.45) is -2.82. The fraction of sp³-hybridized carbons (Fsp3) is 0. The molecule has 1 unspecified atom stereocenters. The molecule has 0 aliphatic rings. The summed E-state index contributed by atoms with van der Waals surface area (Å²) in [6.45, 7) is 0. The average Bonchev–Trinajstić information content (AvgIpc) is 1.64. The largest absolute Gasteiger partial charge is 0.767 e. The summed E-state index contributed by atoms with van der Waals surface area (Å²) < 4.78 is 51.2. The molecule has 8 heavy (non-hydrogen) atoms. The third-order valence-electron chi connectivity index (χ3n) is 0.295. The first-order valence-corrected chi connectivity index (χ1v) is 2.43. The van der Waals surface area contributed by atoms with Gasteiger partial charge in [-0.05, 0) is 0 Å². The van der Waals surface area contributed by atoms with Gasteiger partial charge in [0.25, 0.3) is 0 Å². The molecule has 48 valence electrons. The molecule has 2 nitrogen and oxygen atoms in total. The first-order chi connectivity index (χ1) is 3.55. The van der Waals surface area contributed by atoms with Crippen LogP contribution >= 0.6 is 0 Å². The van der Waals surface area contributed by atoms with Crippen molar-refractivity contribution >= 4 is 11.1 Å². The second-order valence-corrected chi connectivity index (χ2v) is 1.60. The van der Waals surface area contributed by atoms with Crippen LogP contribution in [0.2, 0.25) is 0 Å². The lowest BCUT2D eigenvalue weighted by atomic mass is 11.1. The van der Waals surface area contributed by atoms with Crippen molar-refractivity contribution in [2.75, 3.05) is 0 Å². The van der Waals surface area contributed by atoms with E-state index < -0.39 is 22.3 Å². The lowest BCUT2D eigenvalue weighted by Crippen LogP contribution is -1.86. The van der Waals surface area contributed by atoms with Crippen LogP contribution in [0.5, 0.6) is 0 Å². The lowest BCUT2D eigenvalue weighted by Gasteiger charge is -1.96. The van der Waals surface area contributed by atoms with Gasteiger partial charge in [0.15, 0.2) is 0 Å². The molecule has 0 aromatic heterocycles. The standard InChI is InChI=1S/C2HF3O2S/c3-1(4)2(5)8(6)7/h(H,6,7)/p-1. The van der Waals surface area contributed by atoms with E-state index in [2.05, 4.69) is 0 Å². The van der Waals surface area contributed by atoms with E-state index in [0.717, 1.165) is 0 Å². The molecule has 1 atom stereocenters. The van der Waals surface area contributed by atoms with Crippen molar-refractivity contribution in [1.82, 2.24) is 0 Å². The molecule has 6 heteroatoms. The third-order valence-corrected chi connectivity index (χ3v) is 0.742. The summed E-state index contributed by atoms with van der Waals surface area (Å²) in [6, 6.07) is 0. The molecule has 0 saturated carbocycles. The Morgan fingerprint density at radius 3 is 1.75 bits per heavy atom. The van der Waals surface area contributed by atoms with Crippen LogP contribution in [0.1, 0.15) is 0 Å². The molecule has 0 aliphatic carbocycles. The maximum Gasteiger partial charge on any atom is 0.313 e. The molecule has 0 radical (unpaired) electrons. The van der Waals surface area contributed by atoms with Crippen molar-refractivity contribution in [2.24, 2.45) is 0 Å². The van der Waals surface area contributed by atoms with Gasteiger partial charge < -0.3 is 4.55 Å². The van der Waals surface area contributed by atoms with Crippen molar-refractivity contribution < 1.29 is 21.9 Å². The van der Waals surface area contributed by atoms with Crippen LogP contribution in [0.15, 0.2) is 11.2 Å². The Hall–Kier alpha value is -0.360. The molecule has 0 aromatic carbocycles. The second kappa shape index (κ2) is 2.83. The predicted octanol–water partition coefficient (Wildman–Crippen LogP) is 0.901. The van der Waals surface area contributed by atoms with E-state index in [4.69, 9.17) is 0 Å². The normalized spacial score (nSPS) is 13.0. The number of hydrogen-bond acceptors (Lipinski definition) is 2. The number of rotatable bonds is 1. The minimum Gasteiger partial charge on any atom is -0.767 e. The smallest absolute Gasteiger partial charge is 0.313 e. The highest BCUT2D eigenvalue weighted by Crippen LogP contribution is 2.10. The van der Waals surface area contributed by atoms with E-state index in [-0.39, 0.29) is 0 Å². The summed E-state index contributed by atoms with van der Waals surface area (Å²) in [7, 11) is 0. The molecule has 0 amide bonds. The molecule has 0 rings (SSSR count). The zero-order valence-corrected chi connectivity index (χ0v) is 4.18. The van der Waals surface area contributed by atoms with Crippen LogP contribution in [0.4, 0.5) is 13.2 Å². The molecule has 0 spiro atoms. The highest BCUT2D eigenvalue weighted by Gasteiger charge is 2.02. The Bertz CT molecular complexity index is 138. The minimum atomic E-state index is -3.43. The van der Waals surface area contributed by atoms with Crippen molar-refractivity contribution in [3.63, 3.8) is 0 Å². The Morgan fingerprint density at radius 1 is 1.38 bits per heavy atom. The van der Waals surface area contributed by atoms with E-state index in [9.17, 15) is 21.9 Å². The fourth-order valence-electron chi connectivity index (χ4n) is 0.0630. The minimum absolute atomic E-state index is 2.40. The van der Waals surface area contributed by atoms with Crippen molar-refractivity contribution in [1.29, 1.82) is 0 Å². The van der Waals surface area contributed by atoms with Gasteiger partial charge >= 0.3 is 6.08 Å². The van der Waals surface area contributed by atoms with E-state index in [1.54, 1.807) is 0 Å². The average molecular weight is 145 g/mol. The maximum atomic E-state index is 11.2. The highest BCUT2D eigenvalue weighted by molar-refractivity contribution is 7.83. The third kappa shape index (κ3) is 2.08. The van der Waals surface area contributed by atoms with Gasteiger partial charge in [0.1, 0.15) is 0 Å². The monoisotopic (exact) mass is 145 g/mol. The molecule has 0 fully saturated rings. The molecule has 0 heterocycles. The molecular weight excluding hydrogens is 145 g/mol. The summed E-state index contributed by atoms with van der Waals surface area (Å²) in [5.74, 6) is 0. The zero-order valence-electron chi connectivity index (χ0n) is 3.36. The number of halogens is 3. The highest BCUT2D eigenvalue weighted by atomic mass is 32.2. The van der Waals surface area contributed by atoms with E-state index >= 15 is 0 Å². The molecule has 0 saturated heterocycles. The predicted molar refractivity (Wildman–Crippen MR) is 19.3 cm³/mol.